The van der Waals surface area contributed by atoms with Gasteiger partial charge >= 0.3 is 5.51 Å². The molecule has 0 heterocycles. The Balaban J connectivity index is 4.92. The summed E-state index contributed by atoms with van der Waals surface area (Å²) in [6.07, 6.45) is -2.51. The summed E-state index contributed by atoms with van der Waals surface area (Å²) in [4.78, 5) is 0. The van der Waals surface area contributed by atoms with E-state index in [0.29, 0.717) is 6.92 Å². The molecule has 0 aliphatic rings. The number of halogens is 4. The minimum atomic E-state index is -6.26. The predicted octanol–water partition coefficient (Wildman–Crippen LogP) is 0.787. The highest BCUT2D eigenvalue weighted by atomic mass is 32.3. The molecule has 0 bridgehead atoms. The van der Waals surface area contributed by atoms with Crippen molar-refractivity contribution in [3.8, 4) is 0 Å². The standard InChI is InChI=1S/C3H4F4NO5S2/c1-2(4)13-15(11,12)8-14(9,10)3(5,6)7/h2H,1H3/q-1. The van der Waals surface area contributed by atoms with E-state index in [1.54, 1.807) is 0 Å². The molecule has 0 saturated heterocycles. The zero-order valence-electron chi connectivity index (χ0n) is 6.89. The Bertz CT molecular complexity index is 408. The summed E-state index contributed by atoms with van der Waals surface area (Å²) in [6.45, 7) is 0.521. The molecule has 0 aromatic rings. The molecule has 0 aliphatic heterocycles. The molecule has 1 atom stereocenters. The monoisotopic (exact) mass is 274 g/mol. The molecule has 6 nitrogen and oxygen atoms in total. The maximum Gasteiger partial charge on any atom is 0.480 e. The van der Waals surface area contributed by atoms with E-state index in [2.05, 4.69) is 4.18 Å². The van der Waals surface area contributed by atoms with Crippen molar-refractivity contribution in [2.75, 3.05) is 0 Å². The zero-order chi connectivity index (χ0) is 12.5. The molecule has 92 valence electrons. The van der Waals surface area contributed by atoms with Gasteiger partial charge < -0.3 is 4.13 Å². The van der Waals surface area contributed by atoms with Crippen LogP contribution in [-0.2, 0) is 24.5 Å². The van der Waals surface area contributed by atoms with Crippen LogP contribution in [0.1, 0.15) is 6.92 Å². The molecule has 0 aliphatic carbocycles. The Morgan fingerprint density at radius 3 is 1.87 bits per heavy atom. The summed E-state index contributed by atoms with van der Waals surface area (Å²) in [5.41, 5.74) is -5.89. The summed E-state index contributed by atoms with van der Waals surface area (Å²) >= 11 is 0. The fourth-order valence-corrected chi connectivity index (χ4v) is 2.12. The van der Waals surface area contributed by atoms with Gasteiger partial charge in [-0.25, -0.2) is 25.4 Å². The predicted molar refractivity (Wildman–Crippen MR) is 38.9 cm³/mol. The second-order valence-electron chi connectivity index (χ2n) is 2.06. The molecular weight excluding hydrogens is 270 g/mol. The van der Waals surface area contributed by atoms with Gasteiger partial charge in [-0.3, -0.25) is 0 Å². The number of sulfonamides is 1. The van der Waals surface area contributed by atoms with Gasteiger partial charge in [0.05, 0.1) is 0 Å². The second-order valence-corrected chi connectivity index (χ2v) is 5.12. The van der Waals surface area contributed by atoms with E-state index in [9.17, 15) is 34.4 Å². The van der Waals surface area contributed by atoms with Crippen LogP contribution in [0.2, 0.25) is 0 Å². The van der Waals surface area contributed by atoms with Crippen LogP contribution in [0.15, 0.2) is 0 Å². The average molecular weight is 274 g/mol. The molecular formula is C3H4F4NO5S2-. The molecule has 12 heteroatoms. The molecule has 0 radical (unpaired) electrons. The fourth-order valence-electron chi connectivity index (χ4n) is 0.348. The Labute approximate surface area is 82.5 Å². The molecule has 0 fully saturated rings. The maximum absolute atomic E-state index is 11.9. The van der Waals surface area contributed by atoms with E-state index in [1.165, 1.54) is 4.13 Å². The van der Waals surface area contributed by atoms with Crippen LogP contribution in [0.4, 0.5) is 17.6 Å². The smallest absolute Gasteiger partial charge is 0.404 e. The van der Waals surface area contributed by atoms with Crippen molar-refractivity contribution >= 4 is 20.3 Å². The topological polar surface area (TPSA) is 91.6 Å². The SMILES string of the molecule is CC(F)OS(=O)(=O)[N-]S(=O)(=O)C(F)(F)F. The van der Waals surface area contributed by atoms with Crippen LogP contribution in [-0.4, -0.2) is 28.7 Å². The maximum atomic E-state index is 11.9. The lowest BCUT2D eigenvalue weighted by Crippen LogP contribution is -2.25. The zero-order valence-corrected chi connectivity index (χ0v) is 8.53. The van der Waals surface area contributed by atoms with Gasteiger partial charge in [0, 0.05) is 0 Å². The Morgan fingerprint density at radius 2 is 1.60 bits per heavy atom. The summed E-state index contributed by atoms with van der Waals surface area (Å²) in [5, 5.41) is 0. The van der Waals surface area contributed by atoms with Crippen molar-refractivity contribution in [2.45, 2.75) is 18.8 Å². The third-order valence-corrected chi connectivity index (χ3v) is 3.34. The van der Waals surface area contributed by atoms with Crippen LogP contribution in [0, 0.1) is 0 Å². The van der Waals surface area contributed by atoms with Crippen LogP contribution in [0.3, 0.4) is 0 Å². The van der Waals surface area contributed by atoms with E-state index in [0.717, 1.165) is 0 Å². The molecule has 15 heavy (non-hydrogen) atoms. The van der Waals surface area contributed by atoms with E-state index < -0.39 is 32.2 Å². The number of hydrogen-bond donors (Lipinski definition) is 0. The van der Waals surface area contributed by atoms with Gasteiger partial charge in [-0.1, -0.05) is 0 Å². The van der Waals surface area contributed by atoms with E-state index in [4.69, 9.17) is 0 Å². The second kappa shape index (κ2) is 4.19. The molecule has 0 rings (SSSR count). The van der Waals surface area contributed by atoms with Crippen LogP contribution in [0.25, 0.3) is 4.13 Å². The first-order valence-corrected chi connectivity index (χ1v) is 5.81. The summed E-state index contributed by atoms with van der Waals surface area (Å²) in [5.74, 6) is 0. The van der Waals surface area contributed by atoms with Gasteiger partial charge in [0.25, 0.3) is 0 Å². The molecule has 1 unspecified atom stereocenters. The normalized spacial score (nSPS) is 16.3. The van der Waals surface area contributed by atoms with Crippen LogP contribution < -0.4 is 0 Å². The van der Waals surface area contributed by atoms with E-state index in [-0.39, 0.29) is 0 Å². The number of alkyl halides is 4. The highest BCUT2D eigenvalue weighted by Gasteiger charge is 2.40. The summed E-state index contributed by atoms with van der Waals surface area (Å²) < 4.78 is 92.5. The Morgan fingerprint density at radius 1 is 1.20 bits per heavy atom. The van der Waals surface area contributed by atoms with Gasteiger partial charge in [-0.2, -0.15) is 13.2 Å². The van der Waals surface area contributed by atoms with Crippen molar-refractivity contribution in [1.82, 2.24) is 0 Å². The first-order valence-electron chi connectivity index (χ1n) is 3.00. The molecule has 0 amide bonds. The first kappa shape index (κ1) is 14.5. The molecule has 0 aromatic heterocycles. The Hall–Kier alpha value is -0.460. The van der Waals surface area contributed by atoms with Gasteiger partial charge in [0.1, 0.15) is 0 Å². The average Bonchev–Trinajstić information content (AvgIpc) is 1.75. The number of rotatable bonds is 4. The number of nitrogens with zero attached hydrogens (tertiary/aromatic N) is 1. The number of hydrogen-bond acceptors (Lipinski definition) is 5. The quantitative estimate of drug-likeness (QED) is 0.706. The largest absolute Gasteiger partial charge is 0.480 e. The lowest BCUT2D eigenvalue weighted by atomic mass is 10.8. The summed E-state index contributed by atoms with van der Waals surface area (Å²) in [7, 11) is -11.7. The van der Waals surface area contributed by atoms with Gasteiger partial charge in [-0.05, 0) is 6.92 Å². The lowest BCUT2D eigenvalue weighted by molar-refractivity contribution is -0.0426. The van der Waals surface area contributed by atoms with Crippen molar-refractivity contribution in [3.63, 3.8) is 0 Å². The third-order valence-electron chi connectivity index (χ3n) is 0.736. The van der Waals surface area contributed by atoms with E-state index in [1.807, 2.05) is 0 Å². The van der Waals surface area contributed by atoms with E-state index >= 15 is 0 Å². The molecule has 0 aromatic carbocycles. The fraction of sp³-hybridized carbons (Fsp3) is 1.00. The van der Waals surface area contributed by atoms with Crippen molar-refractivity contribution in [2.24, 2.45) is 0 Å². The third kappa shape index (κ3) is 4.72. The minimum absolute atomic E-state index is 0.521. The van der Waals surface area contributed by atoms with Crippen molar-refractivity contribution in [3.05, 3.63) is 4.13 Å². The minimum Gasteiger partial charge on any atom is -0.404 e. The van der Waals surface area contributed by atoms with Gasteiger partial charge in [-0.15, -0.1) is 0 Å². The highest BCUT2D eigenvalue weighted by Crippen LogP contribution is 2.30. The van der Waals surface area contributed by atoms with Gasteiger partial charge in [0.15, 0.2) is 10.0 Å². The molecule has 0 N–H and O–H groups in total. The summed E-state index contributed by atoms with van der Waals surface area (Å²) in [6, 6.07) is 0. The first-order chi connectivity index (χ1) is 6.37. The molecule has 0 spiro atoms. The van der Waals surface area contributed by atoms with Crippen LogP contribution in [0.5, 0.6) is 0 Å². The van der Waals surface area contributed by atoms with Crippen molar-refractivity contribution < 1.29 is 38.6 Å². The van der Waals surface area contributed by atoms with Crippen LogP contribution >= 0.6 is 0 Å². The van der Waals surface area contributed by atoms with Crippen molar-refractivity contribution in [1.29, 1.82) is 0 Å². The Kier molecular flexibility index (Phi) is 4.06. The lowest BCUT2D eigenvalue weighted by Gasteiger charge is -2.21. The molecule has 0 saturated carbocycles. The van der Waals surface area contributed by atoms with Gasteiger partial charge in [0.2, 0.25) is 16.7 Å². The highest BCUT2D eigenvalue weighted by molar-refractivity contribution is 8.10.